The van der Waals surface area contributed by atoms with Gasteiger partial charge in [-0.15, -0.1) is 10.8 Å². The van der Waals surface area contributed by atoms with E-state index in [1.807, 2.05) is 61.5 Å². The summed E-state index contributed by atoms with van der Waals surface area (Å²) < 4.78 is 33.8. The maximum Gasteiger partial charge on any atom is 0.251 e. The third kappa shape index (κ3) is 8.77. The molecule has 4 rings (SSSR count). The number of aliphatic hydroxyl groups is 1. The van der Waals surface area contributed by atoms with E-state index in [1.165, 1.54) is 0 Å². The Balaban J connectivity index is 1.51. The zero-order valence-electron chi connectivity index (χ0n) is 25.1. The molecule has 0 saturated carbocycles. The van der Waals surface area contributed by atoms with Crippen molar-refractivity contribution in [2.24, 2.45) is 0 Å². The van der Waals surface area contributed by atoms with Crippen molar-refractivity contribution in [2.45, 2.75) is 44.9 Å². The number of aliphatic hydroxyl groups excluding tert-OH is 1. The fourth-order valence-electron chi connectivity index (χ4n) is 5.20. The average Bonchev–Trinajstić information content (AvgIpc) is 3.00. The van der Waals surface area contributed by atoms with E-state index in [0.717, 1.165) is 24.0 Å². The van der Waals surface area contributed by atoms with Crippen LogP contribution in [-0.4, -0.2) is 71.9 Å². The highest BCUT2D eigenvalue weighted by molar-refractivity contribution is 8.25. The first-order chi connectivity index (χ1) is 20.7. The molecule has 1 aliphatic rings. The standard InChI is InChI=1S/C32H44N4O6S/c1-4-34-26-18-25(19-27(20-26)36-14-8-9-15-43(36,39)40)32(38)35-28(16-23-10-6-5-7-11-23)29(37)22-33-21-24-12-13-30(41-2)31(17-24)42-3/h5-7,10-13,17-20,28-29,33-34,37,39-40H,4,8-9,14-16,21-22H2,1-3H3,(H,35,38)/t28-,29+/m0/s1. The number of benzene rings is 3. The first-order valence-electron chi connectivity index (χ1n) is 14.6. The van der Waals surface area contributed by atoms with Gasteiger partial charge in [-0.2, -0.15) is 0 Å². The van der Waals surface area contributed by atoms with Crippen LogP contribution >= 0.6 is 10.8 Å². The van der Waals surface area contributed by atoms with Gasteiger partial charge in [0.2, 0.25) is 0 Å². The smallest absolute Gasteiger partial charge is 0.251 e. The molecule has 1 amide bonds. The first kappa shape index (κ1) is 32.4. The summed E-state index contributed by atoms with van der Waals surface area (Å²) in [4.78, 5) is 13.7. The molecule has 0 radical (unpaired) electrons. The van der Waals surface area contributed by atoms with Crippen molar-refractivity contribution in [3.63, 3.8) is 0 Å². The molecule has 43 heavy (non-hydrogen) atoms. The predicted molar refractivity (Wildman–Crippen MR) is 174 cm³/mol. The van der Waals surface area contributed by atoms with Crippen LogP contribution in [0.3, 0.4) is 0 Å². The molecule has 1 aliphatic heterocycles. The average molecular weight is 613 g/mol. The Kier molecular flexibility index (Phi) is 11.5. The Hall–Kier alpha value is -3.48. The lowest BCUT2D eigenvalue weighted by molar-refractivity contribution is 0.0830. The fraction of sp³-hybridized carbons (Fsp3) is 0.406. The van der Waals surface area contributed by atoms with Crippen LogP contribution in [0.25, 0.3) is 0 Å². The fourth-order valence-corrected chi connectivity index (χ4v) is 6.87. The molecule has 0 aromatic heterocycles. The Morgan fingerprint density at radius 3 is 2.44 bits per heavy atom. The van der Waals surface area contributed by atoms with Gasteiger partial charge in [-0.3, -0.25) is 18.2 Å². The van der Waals surface area contributed by atoms with Crippen molar-refractivity contribution in [3.05, 3.63) is 83.4 Å². The number of hydrogen-bond donors (Lipinski definition) is 6. The monoisotopic (exact) mass is 612 g/mol. The maximum atomic E-state index is 13.7. The number of ether oxygens (including phenoxy) is 2. The quantitative estimate of drug-likeness (QED) is 0.150. The minimum atomic E-state index is -2.96. The second-order valence-corrected chi connectivity index (χ2v) is 12.7. The van der Waals surface area contributed by atoms with Gasteiger partial charge in [0.15, 0.2) is 11.5 Å². The van der Waals surface area contributed by atoms with Gasteiger partial charge in [-0.05, 0) is 67.6 Å². The third-order valence-electron chi connectivity index (χ3n) is 7.44. The van der Waals surface area contributed by atoms with Gasteiger partial charge in [0.1, 0.15) is 0 Å². The van der Waals surface area contributed by atoms with Crippen molar-refractivity contribution >= 4 is 28.1 Å². The molecule has 1 fully saturated rings. The number of methoxy groups -OCH3 is 2. The highest BCUT2D eigenvalue weighted by atomic mass is 32.3. The number of carbonyl (C=O) groups excluding carboxylic acids is 1. The molecule has 0 spiro atoms. The van der Waals surface area contributed by atoms with Gasteiger partial charge in [-0.25, -0.2) is 0 Å². The summed E-state index contributed by atoms with van der Waals surface area (Å²) in [6, 6.07) is 20.1. The second kappa shape index (κ2) is 15.3. The molecule has 3 aromatic carbocycles. The van der Waals surface area contributed by atoms with Crippen molar-refractivity contribution in [1.29, 1.82) is 0 Å². The summed E-state index contributed by atoms with van der Waals surface area (Å²) in [6.45, 7) is 3.83. The van der Waals surface area contributed by atoms with Crippen LogP contribution in [0.4, 0.5) is 11.4 Å². The van der Waals surface area contributed by atoms with E-state index < -0.39 is 22.9 Å². The number of nitrogens with zero attached hydrogens (tertiary/aromatic N) is 1. The first-order valence-corrected chi connectivity index (χ1v) is 16.3. The predicted octanol–water partition coefficient (Wildman–Crippen LogP) is 4.89. The van der Waals surface area contributed by atoms with Crippen molar-refractivity contribution in [3.8, 4) is 11.5 Å². The minimum absolute atomic E-state index is 0.240. The Morgan fingerprint density at radius 1 is 0.977 bits per heavy atom. The molecule has 2 atom stereocenters. The van der Waals surface area contributed by atoms with Crippen molar-refractivity contribution in [1.82, 2.24) is 10.6 Å². The molecule has 1 heterocycles. The zero-order chi connectivity index (χ0) is 30.8. The molecule has 234 valence electrons. The normalized spacial score (nSPS) is 16.6. The number of carbonyl (C=O) groups is 1. The lowest BCUT2D eigenvalue weighted by Crippen LogP contribution is -2.48. The Labute approximate surface area is 255 Å². The zero-order valence-corrected chi connectivity index (χ0v) is 25.9. The van der Waals surface area contributed by atoms with Crippen molar-refractivity contribution < 1.29 is 28.5 Å². The van der Waals surface area contributed by atoms with E-state index >= 15 is 0 Å². The molecule has 0 unspecified atom stereocenters. The van der Waals surface area contributed by atoms with Gasteiger partial charge in [0, 0.05) is 37.4 Å². The third-order valence-corrected chi connectivity index (χ3v) is 9.38. The molecule has 3 aromatic rings. The molecule has 0 aliphatic carbocycles. The lowest BCUT2D eigenvalue weighted by atomic mass is 10.00. The van der Waals surface area contributed by atoms with Crippen LogP contribution < -0.4 is 29.7 Å². The van der Waals surface area contributed by atoms with E-state index in [9.17, 15) is 19.0 Å². The largest absolute Gasteiger partial charge is 0.493 e. The summed E-state index contributed by atoms with van der Waals surface area (Å²) in [6.07, 6.45) is 1.12. The highest BCUT2D eigenvalue weighted by Crippen LogP contribution is 2.50. The van der Waals surface area contributed by atoms with E-state index in [0.29, 0.717) is 60.2 Å². The van der Waals surface area contributed by atoms with Gasteiger partial charge < -0.3 is 30.5 Å². The SMILES string of the molecule is CCNc1cc(C(=O)N[C@@H](Cc2ccccc2)[C@H](O)CNCc2ccc(OC)c(OC)c2)cc(N2CCCCS2(O)O)c1. The van der Waals surface area contributed by atoms with Crippen molar-refractivity contribution in [2.75, 3.05) is 49.2 Å². The van der Waals surface area contributed by atoms with E-state index in [2.05, 4.69) is 16.0 Å². The van der Waals surface area contributed by atoms with Gasteiger partial charge in [0.25, 0.3) is 5.91 Å². The summed E-state index contributed by atoms with van der Waals surface area (Å²) >= 11 is 0. The maximum absolute atomic E-state index is 13.7. The lowest BCUT2D eigenvalue weighted by Gasteiger charge is -2.47. The van der Waals surface area contributed by atoms with Gasteiger partial charge >= 0.3 is 0 Å². The summed E-state index contributed by atoms with van der Waals surface area (Å²) in [5.74, 6) is 1.22. The van der Waals surface area contributed by atoms with Crippen LogP contribution in [0.5, 0.6) is 11.5 Å². The number of nitrogens with one attached hydrogen (secondary N) is 3. The minimum Gasteiger partial charge on any atom is -0.493 e. The molecular weight excluding hydrogens is 568 g/mol. The Morgan fingerprint density at radius 2 is 1.74 bits per heavy atom. The molecule has 1 saturated heterocycles. The number of hydrogen-bond acceptors (Lipinski definition) is 9. The molecule has 6 N–H and O–H groups in total. The molecular formula is C32H44N4O6S. The van der Waals surface area contributed by atoms with Crippen LogP contribution in [0.1, 0.15) is 41.3 Å². The second-order valence-electron chi connectivity index (χ2n) is 10.6. The van der Waals surface area contributed by atoms with Crippen LogP contribution in [-0.2, 0) is 13.0 Å². The number of anilines is 2. The topological polar surface area (TPSA) is 136 Å². The van der Waals surface area contributed by atoms with E-state index in [-0.39, 0.29) is 12.5 Å². The van der Waals surface area contributed by atoms with Crippen LogP contribution in [0.2, 0.25) is 0 Å². The summed E-state index contributed by atoms with van der Waals surface area (Å²) in [7, 11) is 0.218. The van der Waals surface area contributed by atoms with E-state index in [4.69, 9.17) is 9.47 Å². The van der Waals surface area contributed by atoms with Crippen LogP contribution in [0.15, 0.2) is 66.7 Å². The highest BCUT2D eigenvalue weighted by Gasteiger charge is 2.28. The number of amides is 1. The van der Waals surface area contributed by atoms with E-state index in [1.54, 1.807) is 30.7 Å². The number of rotatable bonds is 14. The van der Waals surface area contributed by atoms with Gasteiger partial charge in [-0.1, -0.05) is 36.4 Å². The molecule has 10 nitrogen and oxygen atoms in total. The van der Waals surface area contributed by atoms with Crippen LogP contribution in [0, 0.1) is 0 Å². The Bertz CT molecular complexity index is 1340. The molecule has 11 heteroatoms. The summed E-state index contributed by atoms with van der Waals surface area (Å²) in [5, 5.41) is 20.9. The van der Waals surface area contributed by atoms with Gasteiger partial charge in [0.05, 0.1) is 37.8 Å². The summed E-state index contributed by atoms with van der Waals surface area (Å²) in [5.41, 5.74) is 3.61. The molecule has 0 bridgehead atoms.